The van der Waals surface area contributed by atoms with Crippen molar-refractivity contribution >= 4 is 11.9 Å². The van der Waals surface area contributed by atoms with Gasteiger partial charge in [-0.2, -0.15) is 18.9 Å². The Morgan fingerprint density at radius 2 is 1.76 bits per heavy atom. The van der Waals surface area contributed by atoms with Crippen LogP contribution in [0.4, 0.5) is 8.78 Å². The fourth-order valence-electron chi connectivity index (χ4n) is 6.57. The molecule has 4 heterocycles. The molecule has 4 aromatic rings. The number of alkyl halides is 2. The molecule has 0 unspecified atom stereocenters. The molecule has 2 aromatic carbocycles. The molecule has 2 aliphatic rings. The summed E-state index contributed by atoms with van der Waals surface area (Å²) in [6, 6.07) is 11.3. The topological polar surface area (TPSA) is 226 Å². The van der Waals surface area contributed by atoms with E-state index >= 15 is 0 Å². The normalized spacial score (nSPS) is 19.9. The van der Waals surface area contributed by atoms with Crippen molar-refractivity contribution in [2.45, 2.75) is 63.5 Å². The van der Waals surface area contributed by atoms with E-state index in [4.69, 9.17) is 14.6 Å². The van der Waals surface area contributed by atoms with Crippen molar-refractivity contribution < 1.29 is 48.3 Å². The number of ether oxygens (including phenoxy) is 2. The Bertz CT molecular complexity index is 2150. The minimum absolute atomic E-state index is 0.0388. The summed E-state index contributed by atoms with van der Waals surface area (Å²) in [6.07, 6.45) is -5.67. The first-order valence-electron chi connectivity index (χ1n) is 17.6. The number of aromatic nitrogens is 5. The van der Waals surface area contributed by atoms with E-state index in [2.05, 4.69) is 20.1 Å². The molecule has 2 fully saturated rings. The standard InChI is InChI=1S/C36H41F2N7O10/c1-20(2)24-16-25(27(48)17-26(24)47)32-40-41-35(53)45(32)23-5-3-21(4-6-23)18-42-10-12-43(13-11-42)29(49)8-14-54-30(50)15-22-7-9-44(34(52)39-22)33-36(37,38)31(51)28(19-46)55-33/h3-7,9,16-17,20,28,31,33,46-48,51H,8,10-15,18-19H2,1-2H3,(H,41,53)/t28-,31-,33-/m1/s1. The van der Waals surface area contributed by atoms with Crippen LogP contribution in [0.1, 0.15) is 49.2 Å². The number of hydrogen-bond acceptors (Lipinski definition) is 13. The number of phenolic OH excluding ortho intramolecular Hbond substituents is 2. The van der Waals surface area contributed by atoms with Gasteiger partial charge in [0.05, 0.1) is 36.4 Å². The Hall–Kier alpha value is -5.50. The van der Waals surface area contributed by atoms with Crippen molar-refractivity contribution in [1.82, 2.24) is 34.1 Å². The predicted molar refractivity (Wildman–Crippen MR) is 189 cm³/mol. The lowest BCUT2D eigenvalue weighted by atomic mass is 9.98. The molecule has 17 nitrogen and oxygen atoms in total. The van der Waals surface area contributed by atoms with Gasteiger partial charge in [0.1, 0.15) is 24.2 Å². The lowest BCUT2D eigenvalue weighted by Gasteiger charge is -2.34. The maximum atomic E-state index is 14.4. The third-order valence-corrected chi connectivity index (χ3v) is 9.61. The van der Waals surface area contributed by atoms with Gasteiger partial charge in [0.2, 0.25) is 12.1 Å². The van der Waals surface area contributed by atoms with Gasteiger partial charge in [-0.3, -0.25) is 19.1 Å². The largest absolute Gasteiger partial charge is 0.508 e. The van der Waals surface area contributed by atoms with Gasteiger partial charge >= 0.3 is 23.3 Å². The number of carbonyl (C=O) groups is 2. The van der Waals surface area contributed by atoms with Crippen LogP contribution in [0.3, 0.4) is 0 Å². The molecule has 294 valence electrons. The number of carbonyl (C=O) groups excluding carboxylic acids is 2. The number of rotatable bonds is 12. The summed E-state index contributed by atoms with van der Waals surface area (Å²) < 4.78 is 40.8. The smallest absolute Gasteiger partial charge is 0.350 e. The monoisotopic (exact) mass is 769 g/mol. The fraction of sp³-hybridized carbons (Fsp3) is 0.444. The third kappa shape index (κ3) is 8.29. The van der Waals surface area contributed by atoms with Crippen LogP contribution in [0.5, 0.6) is 11.5 Å². The summed E-state index contributed by atoms with van der Waals surface area (Å²) in [4.78, 5) is 57.9. The van der Waals surface area contributed by atoms with Gasteiger partial charge in [-0.25, -0.2) is 19.3 Å². The van der Waals surface area contributed by atoms with E-state index in [0.717, 1.165) is 17.8 Å². The molecule has 2 saturated heterocycles. The van der Waals surface area contributed by atoms with Crippen molar-refractivity contribution in [2.24, 2.45) is 0 Å². The van der Waals surface area contributed by atoms with Crippen LogP contribution in [-0.4, -0.2) is 124 Å². The van der Waals surface area contributed by atoms with E-state index in [-0.39, 0.29) is 47.9 Å². The molecular weight excluding hydrogens is 728 g/mol. The zero-order valence-electron chi connectivity index (χ0n) is 30.0. The molecule has 0 saturated carbocycles. The van der Waals surface area contributed by atoms with Crippen molar-refractivity contribution in [3.8, 4) is 28.6 Å². The molecule has 1 amide bonds. The summed E-state index contributed by atoms with van der Waals surface area (Å²) in [6.45, 7) is 5.37. The number of benzene rings is 2. The van der Waals surface area contributed by atoms with Crippen molar-refractivity contribution in [1.29, 1.82) is 0 Å². The van der Waals surface area contributed by atoms with Gasteiger partial charge in [-0.15, -0.1) is 0 Å². The van der Waals surface area contributed by atoms with Crippen molar-refractivity contribution in [2.75, 3.05) is 39.4 Å². The molecule has 19 heteroatoms. The Kier molecular flexibility index (Phi) is 11.5. The first-order chi connectivity index (χ1) is 26.2. The molecule has 2 aromatic heterocycles. The molecular formula is C36H41F2N7O10. The number of aliphatic hydroxyl groups is 2. The van der Waals surface area contributed by atoms with E-state index in [0.29, 0.717) is 54.1 Å². The average molecular weight is 770 g/mol. The number of phenols is 2. The minimum Gasteiger partial charge on any atom is -0.508 e. The Morgan fingerprint density at radius 3 is 2.40 bits per heavy atom. The number of aliphatic hydroxyl groups excluding tert-OH is 2. The maximum absolute atomic E-state index is 14.4. The number of nitrogens with one attached hydrogen (secondary N) is 1. The third-order valence-electron chi connectivity index (χ3n) is 9.61. The van der Waals surface area contributed by atoms with E-state index in [1.54, 1.807) is 23.1 Å². The van der Waals surface area contributed by atoms with Crippen LogP contribution in [-0.2, 0) is 32.0 Å². The summed E-state index contributed by atoms with van der Waals surface area (Å²) in [5.74, 6) is -4.97. The van der Waals surface area contributed by atoms with Gasteiger partial charge < -0.3 is 34.8 Å². The predicted octanol–water partition coefficient (Wildman–Crippen LogP) is 1.03. The molecule has 0 spiro atoms. The Balaban J connectivity index is 0.959. The van der Waals surface area contributed by atoms with Crippen molar-refractivity contribution in [3.05, 3.63) is 86.5 Å². The zero-order chi connectivity index (χ0) is 39.6. The number of hydrogen-bond donors (Lipinski definition) is 5. The van der Waals surface area contributed by atoms with E-state index in [1.165, 1.54) is 10.6 Å². The first kappa shape index (κ1) is 39.2. The molecule has 5 N–H and O–H groups in total. The molecule has 2 aliphatic heterocycles. The van der Waals surface area contributed by atoms with Gasteiger partial charge in [0, 0.05) is 45.0 Å². The highest BCUT2D eigenvalue weighted by atomic mass is 19.3. The summed E-state index contributed by atoms with van der Waals surface area (Å²) in [5.41, 5.74) is 0.679. The van der Waals surface area contributed by atoms with Crippen LogP contribution in [0, 0.1) is 0 Å². The van der Waals surface area contributed by atoms with Gasteiger partial charge in [-0.1, -0.05) is 26.0 Å². The SMILES string of the molecule is CC(C)c1cc(-c2n[nH]c(=O)n2-c2ccc(CN3CCN(C(=O)CCOC(=O)Cc4ccn([C@@H]5O[C@H](CO)[C@@H](O)C5(F)F)c(=O)n4)CC3)cc2)c(O)cc1O. The number of amides is 1. The van der Waals surface area contributed by atoms with Gasteiger partial charge in [0.25, 0.3) is 0 Å². The van der Waals surface area contributed by atoms with Gasteiger partial charge in [0.15, 0.2) is 11.9 Å². The lowest BCUT2D eigenvalue weighted by molar-refractivity contribution is -0.145. The number of H-pyrrole nitrogens is 1. The van der Waals surface area contributed by atoms with Crippen LogP contribution in [0.2, 0.25) is 0 Å². The second kappa shape index (κ2) is 16.1. The number of nitrogens with zero attached hydrogens (tertiary/aromatic N) is 6. The van der Waals surface area contributed by atoms with Crippen LogP contribution in [0.15, 0.2) is 58.3 Å². The van der Waals surface area contributed by atoms with Gasteiger partial charge in [-0.05, 0) is 41.3 Å². The Labute approximate surface area is 312 Å². The zero-order valence-corrected chi connectivity index (χ0v) is 30.0. The highest BCUT2D eigenvalue weighted by Crippen LogP contribution is 2.42. The van der Waals surface area contributed by atoms with Crippen LogP contribution >= 0.6 is 0 Å². The minimum atomic E-state index is -3.87. The molecule has 0 bridgehead atoms. The molecule has 3 atom stereocenters. The summed E-state index contributed by atoms with van der Waals surface area (Å²) >= 11 is 0. The maximum Gasteiger partial charge on any atom is 0.350 e. The van der Waals surface area contributed by atoms with E-state index in [1.807, 2.05) is 26.0 Å². The second-order valence-corrected chi connectivity index (χ2v) is 13.7. The number of aromatic hydroxyl groups is 2. The fourth-order valence-corrected chi connectivity index (χ4v) is 6.57. The first-order valence-corrected chi connectivity index (χ1v) is 17.6. The highest BCUT2D eigenvalue weighted by Gasteiger charge is 2.59. The number of piperazine rings is 1. The highest BCUT2D eigenvalue weighted by molar-refractivity contribution is 5.77. The second-order valence-electron chi connectivity index (χ2n) is 13.7. The molecule has 0 aliphatic carbocycles. The number of aromatic amines is 1. The van der Waals surface area contributed by atoms with Crippen LogP contribution < -0.4 is 11.4 Å². The molecule has 0 radical (unpaired) electrons. The lowest BCUT2D eigenvalue weighted by Crippen LogP contribution is -2.48. The number of halogens is 2. The van der Waals surface area contributed by atoms with Crippen LogP contribution in [0.25, 0.3) is 17.1 Å². The Morgan fingerprint density at radius 1 is 1.05 bits per heavy atom. The molecule has 55 heavy (non-hydrogen) atoms. The molecule has 6 rings (SSSR count). The van der Waals surface area contributed by atoms with Crippen molar-refractivity contribution in [3.63, 3.8) is 0 Å². The average Bonchev–Trinajstić information content (AvgIpc) is 3.63. The van der Waals surface area contributed by atoms with E-state index < -0.39 is 54.7 Å². The summed E-state index contributed by atoms with van der Waals surface area (Å²) in [5, 5.41) is 46.3. The number of esters is 1. The summed E-state index contributed by atoms with van der Waals surface area (Å²) in [7, 11) is 0. The quantitative estimate of drug-likeness (QED) is 0.127. The van der Waals surface area contributed by atoms with E-state index in [9.17, 15) is 43.3 Å².